The molecule has 1 aromatic heterocycles. The number of carbonyl (C=O) groups excluding carboxylic acids is 1. The van der Waals surface area contributed by atoms with Gasteiger partial charge in [0, 0.05) is 37.6 Å². The van der Waals surface area contributed by atoms with E-state index in [-0.39, 0.29) is 29.6 Å². The number of carbonyl (C=O) groups is 1. The maximum atomic E-state index is 12.3. The highest BCUT2D eigenvalue weighted by atomic mass is 32.2. The Kier molecular flexibility index (Phi) is 4.59. The topological polar surface area (TPSA) is 101 Å². The first-order chi connectivity index (χ1) is 9.79. The molecule has 0 unspecified atom stereocenters. The third-order valence-electron chi connectivity index (χ3n) is 3.22. The van der Waals surface area contributed by atoms with E-state index in [4.69, 9.17) is 0 Å². The molecule has 1 fully saturated rings. The van der Waals surface area contributed by atoms with Crippen LogP contribution < -0.4 is 0 Å². The molecule has 0 bridgehead atoms. The van der Waals surface area contributed by atoms with E-state index in [9.17, 15) is 23.3 Å². The summed E-state index contributed by atoms with van der Waals surface area (Å²) >= 11 is 0.907. The SMILES string of the molecule is CS(=O)(=O)N1CCCN(C(=O)c2csc([N+](=O)[O-])c2)CC1. The number of rotatable bonds is 3. The van der Waals surface area contributed by atoms with Crippen molar-refractivity contribution >= 4 is 32.3 Å². The van der Waals surface area contributed by atoms with E-state index >= 15 is 0 Å². The Morgan fingerprint density at radius 3 is 2.62 bits per heavy atom. The molecule has 0 saturated carbocycles. The van der Waals surface area contributed by atoms with Gasteiger partial charge in [0.25, 0.3) is 5.91 Å². The van der Waals surface area contributed by atoms with Crippen LogP contribution in [-0.2, 0) is 10.0 Å². The second kappa shape index (κ2) is 6.08. The molecule has 1 aliphatic rings. The molecule has 1 aliphatic heterocycles. The first-order valence-corrected chi connectivity index (χ1v) is 8.99. The molecule has 116 valence electrons. The molecule has 21 heavy (non-hydrogen) atoms. The quantitative estimate of drug-likeness (QED) is 0.600. The second-order valence-electron chi connectivity index (χ2n) is 4.74. The van der Waals surface area contributed by atoms with Gasteiger partial charge in [0.15, 0.2) is 0 Å². The Labute approximate surface area is 126 Å². The van der Waals surface area contributed by atoms with Gasteiger partial charge in [0.2, 0.25) is 10.0 Å². The molecular formula is C11H15N3O5S2. The summed E-state index contributed by atoms with van der Waals surface area (Å²) in [5.74, 6) is -0.297. The first kappa shape index (κ1) is 15.9. The van der Waals surface area contributed by atoms with Crippen molar-refractivity contribution < 1.29 is 18.1 Å². The summed E-state index contributed by atoms with van der Waals surface area (Å²) in [6.07, 6.45) is 1.69. The van der Waals surface area contributed by atoms with E-state index in [1.165, 1.54) is 20.7 Å². The minimum atomic E-state index is -3.26. The number of thiophene rings is 1. The molecule has 2 heterocycles. The number of nitro groups is 1. The molecule has 0 radical (unpaired) electrons. The lowest BCUT2D eigenvalue weighted by Crippen LogP contribution is -2.36. The van der Waals surface area contributed by atoms with Crippen molar-refractivity contribution in [3.8, 4) is 0 Å². The largest absolute Gasteiger partial charge is 0.337 e. The van der Waals surface area contributed by atoms with E-state index in [0.29, 0.717) is 19.5 Å². The molecule has 0 N–H and O–H groups in total. The van der Waals surface area contributed by atoms with Crippen LogP contribution in [0.1, 0.15) is 16.8 Å². The summed E-state index contributed by atoms with van der Waals surface area (Å²) < 4.78 is 24.4. The third kappa shape index (κ3) is 3.77. The first-order valence-electron chi connectivity index (χ1n) is 6.26. The monoisotopic (exact) mass is 333 g/mol. The molecular weight excluding hydrogens is 318 g/mol. The van der Waals surface area contributed by atoms with Gasteiger partial charge in [-0.25, -0.2) is 12.7 Å². The highest BCUT2D eigenvalue weighted by Gasteiger charge is 2.25. The van der Waals surface area contributed by atoms with E-state index in [2.05, 4.69) is 0 Å². The highest BCUT2D eigenvalue weighted by Crippen LogP contribution is 2.24. The zero-order valence-corrected chi connectivity index (χ0v) is 13.0. The Morgan fingerprint density at radius 2 is 2.05 bits per heavy atom. The maximum Gasteiger partial charge on any atom is 0.324 e. The number of amides is 1. The normalized spacial score (nSPS) is 17.5. The summed E-state index contributed by atoms with van der Waals surface area (Å²) in [6.45, 7) is 1.35. The molecule has 8 nitrogen and oxygen atoms in total. The van der Waals surface area contributed by atoms with E-state index in [1.54, 1.807) is 0 Å². The summed E-state index contributed by atoms with van der Waals surface area (Å²) in [5.41, 5.74) is 0.277. The zero-order chi connectivity index (χ0) is 15.6. The van der Waals surface area contributed by atoms with Gasteiger partial charge in [-0.2, -0.15) is 0 Å². The molecule has 1 amide bonds. The van der Waals surface area contributed by atoms with Gasteiger partial charge in [-0.3, -0.25) is 14.9 Å². The van der Waals surface area contributed by atoms with Crippen LogP contribution in [0.15, 0.2) is 11.4 Å². The third-order valence-corrected chi connectivity index (χ3v) is 5.41. The number of hydrogen-bond acceptors (Lipinski definition) is 6. The van der Waals surface area contributed by atoms with Gasteiger partial charge in [-0.05, 0) is 6.42 Å². The van der Waals surface area contributed by atoms with Crippen LogP contribution >= 0.6 is 11.3 Å². The molecule has 0 aromatic carbocycles. The van der Waals surface area contributed by atoms with Crippen LogP contribution in [0.3, 0.4) is 0 Å². The number of hydrogen-bond donors (Lipinski definition) is 0. The lowest BCUT2D eigenvalue weighted by Gasteiger charge is -2.20. The van der Waals surface area contributed by atoms with Gasteiger partial charge in [0.05, 0.1) is 16.7 Å². The minimum Gasteiger partial charge on any atom is -0.337 e. The molecule has 0 aliphatic carbocycles. The second-order valence-corrected chi connectivity index (χ2v) is 7.61. The van der Waals surface area contributed by atoms with Crippen LogP contribution in [0, 0.1) is 10.1 Å². The summed E-state index contributed by atoms with van der Waals surface area (Å²) in [4.78, 5) is 23.9. The average molecular weight is 333 g/mol. The Hall–Kier alpha value is -1.52. The van der Waals surface area contributed by atoms with Crippen molar-refractivity contribution in [2.45, 2.75) is 6.42 Å². The van der Waals surface area contributed by atoms with Crippen LogP contribution in [0.5, 0.6) is 0 Å². The predicted molar refractivity (Wildman–Crippen MR) is 77.9 cm³/mol. The molecule has 1 aromatic rings. The average Bonchev–Trinajstić information content (AvgIpc) is 2.74. The van der Waals surface area contributed by atoms with Crippen molar-refractivity contribution in [3.63, 3.8) is 0 Å². The van der Waals surface area contributed by atoms with Gasteiger partial charge < -0.3 is 4.90 Å². The fourth-order valence-electron chi connectivity index (χ4n) is 2.14. The van der Waals surface area contributed by atoms with E-state index < -0.39 is 14.9 Å². The summed E-state index contributed by atoms with van der Waals surface area (Å²) in [6, 6.07) is 1.26. The minimum absolute atomic E-state index is 0.0778. The van der Waals surface area contributed by atoms with Crippen LogP contribution in [0.4, 0.5) is 5.00 Å². The van der Waals surface area contributed by atoms with Gasteiger partial charge >= 0.3 is 5.00 Å². The Bertz CT molecular complexity index is 655. The fourth-order valence-corrected chi connectivity index (χ4v) is 3.72. The smallest absolute Gasteiger partial charge is 0.324 e. The van der Waals surface area contributed by atoms with Crippen molar-refractivity contribution in [2.24, 2.45) is 0 Å². The molecule has 1 saturated heterocycles. The van der Waals surface area contributed by atoms with Crippen LogP contribution in [-0.4, -0.2) is 60.9 Å². The van der Waals surface area contributed by atoms with Crippen LogP contribution in [0.25, 0.3) is 0 Å². The van der Waals surface area contributed by atoms with E-state index in [1.807, 2.05) is 0 Å². The van der Waals surface area contributed by atoms with Crippen LogP contribution in [0.2, 0.25) is 0 Å². The van der Waals surface area contributed by atoms with Gasteiger partial charge in [0.1, 0.15) is 0 Å². The summed E-state index contributed by atoms with van der Waals surface area (Å²) in [7, 11) is -3.26. The fraction of sp³-hybridized carbons (Fsp3) is 0.545. The van der Waals surface area contributed by atoms with Gasteiger partial charge in [-0.15, -0.1) is 0 Å². The Morgan fingerprint density at radius 1 is 1.33 bits per heavy atom. The van der Waals surface area contributed by atoms with Crippen molar-refractivity contribution in [3.05, 3.63) is 27.1 Å². The molecule has 0 atom stereocenters. The maximum absolute atomic E-state index is 12.3. The van der Waals surface area contributed by atoms with Gasteiger partial charge in [-0.1, -0.05) is 11.3 Å². The van der Waals surface area contributed by atoms with Crippen molar-refractivity contribution in [1.82, 2.24) is 9.21 Å². The number of sulfonamides is 1. The molecule has 10 heteroatoms. The molecule has 2 rings (SSSR count). The van der Waals surface area contributed by atoms with Crippen molar-refractivity contribution in [2.75, 3.05) is 32.4 Å². The lowest BCUT2D eigenvalue weighted by molar-refractivity contribution is -0.380. The lowest BCUT2D eigenvalue weighted by atomic mass is 10.2. The van der Waals surface area contributed by atoms with Crippen molar-refractivity contribution in [1.29, 1.82) is 0 Å². The zero-order valence-electron chi connectivity index (χ0n) is 11.4. The summed E-state index contributed by atoms with van der Waals surface area (Å²) in [5, 5.41) is 12.0. The predicted octanol–water partition coefficient (Wildman–Crippen LogP) is 0.764. The standard InChI is InChI=1S/C11H15N3O5S2/c1-21(18,19)13-4-2-3-12(5-6-13)11(15)9-7-10(14(16)17)20-8-9/h7-8H,2-6H2,1H3. The molecule has 0 spiro atoms. The number of nitrogens with zero attached hydrogens (tertiary/aromatic N) is 3. The highest BCUT2D eigenvalue weighted by molar-refractivity contribution is 7.88. The van der Waals surface area contributed by atoms with E-state index in [0.717, 1.165) is 17.6 Å². The Balaban J connectivity index is 2.08.